The van der Waals surface area contributed by atoms with E-state index in [1.165, 1.54) is 11.8 Å². The van der Waals surface area contributed by atoms with Gasteiger partial charge < -0.3 is 5.11 Å². The monoisotopic (exact) mass is 326 g/mol. The molecule has 1 N–H and O–H groups in total. The van der Waals surface area contributed by atoms with Crippen LogP contribution in [0.1, 0.15) is 11.5 Å². The van der Waals surface area contributed by atoms with E-state index in [2.05, 4.69) is 0 Å². The standard InChI is InChI=1S/C15H12Cl2O2S/c16-13-7-6-11(8-14(13)17)20-9-12(15(18)19)10-4-2-1-3-5-10/h1-8,12H,9H2,(H,18,19). The Labute approximate surface area is 131 Å². The van der Waals surface area contributed by atoms with Crippen LogP contribution in [0.4, 0.5) is 0 Å². The van der Waals surface area contributed by atoms with Gasteiger partial charge in [0.15, 0.2) is 0 Å². The second kappa shape index (κ2) is 7.02. The first-order chi connectivity index (χ1) is 9.58. The second-order valence-electron chi connectivity index (χ2n) is 4.19. The Balaban J connectivity index is 2.10. The summed E-state index contributed by atoms with van der Waals surface area (Å²) in [6.07, 6.45) is 0. The van der Waals surface area contributed by atoms with Crippen LogP contribution < -0.4 is 0 Å². The van der Waals surface area contributed by atoms with Gasteiger partial charge in [-0.25, -0.2) is 0 Å². The Hall–Kier alpha value is -1.16. The molecular weight excluding hydrogens is 315 g/mol. The number of carboxylic acid groups (broad SMARTS) is 1. The van der Waals surface area contributed by atoms with Crippen LogP contribution in [-0.2, 0) is 4.79 Å². The molecule has 0 radical (unpaired) electrons. The molecule has 104 valence electrons. The summed E-state index contributed by atoms with van der Waals surface area (Å²) in [7, 11) is 0. The van der Waals surface area contributed by atoms with Crippen LogP contribution in [0.2, 0.25) is 10.0 Å². The maximum Gasteiger partial charge on any atom is 0.311 e. The third kappa shape index (κ3) is 3.92. The summed E-state index contributed by atoms with van der Waals surface area (Å²) < 4.78 is 0. The molecule has 5 heteroatoms. The summed E-state index contributed by atoms with van der Waals surface area (Å²) in [4.78, 5) is 12.3. The third-order valence-electron chi connectivity index (χ3n) is 2.81. The summed E-state index contributed by atoms with van der Waals surface area (Å²) >= 11 is 13.3. The van der Waals surface area contributed by atoms with E-state index in [4.69, 9.17) is 23.2 Å². The van der Waals surface area contributed by atoms with Crippen LogP contribution in [0, 0.1) is 0 Å². The largest absolute Gasteiger partial charge is 0.481 e. The minimum Gasteiger partial charge on any atom is -0.481 e. The number of hydrogen-bond acceptors (Lipinski definition) is 2. The van der Waals surface area contributed by atoms with E-state index in [-0.39, 0.29) is 0 Å². The van der Waals surface area contributed by atoms with Crippen molar-refractivity contribution in [1.29, 1.82) is 0 Å². The molecule has 0 spiro atoms. The molecule has 2 aromatic carbocycles. The zero-order chi connectivity index (χ0) is 14.5. The normalized spacial score (nSPS) is 12.1. The Morgan fingerprint density at radius 3 is 2.40 bits per heavy atom. The number of benzene rings is 2. The lowest BCUT2D eigenvalue weighted by Gasteiger charge is -2.12. The first-order valence-corrected chi connectivity index (χ1v) is 7.67. The molecule has 1 atom stereocenters. The topological polar surface area (TPSA) is 37.3 Å². The van der Waals surface area contributed by atoms with Gasteiger partial charge in [-0.2, -0.15) is 0 Å². The SMILES string of the molecule is O=C(O)C(CSc1ccc(Cl)c(Cl)c1)c1ccccc1. The van der Waals surface area contributed by atoms with Crippen molar-refractivity contribution in [2.75, 3.05) is 5.75 Å². The van der Waals surface area contributed by atoms with Gasteiger partial charge in [-0.15, -0.1) is 11.8 Å². The van der Waals surface area contributed by atoms with Gasteiger partial charge in [0.25, 0.3) is 0 Å². The van der Waals surface area contributed by atoms with Gasteiger partial charge in [0, 0.05) is 10.6 Å². The Morgan fingerprint density at radius 1 is 1.10 bits per heavy atom. The van der Waals surface area contributed by atoms with Crippen molar-refractivity contribution in [2.24, 2.45) is 0 Å². The number of carboxylic acids is 1. The average molecular weight is 327 g/mol. The quantitative estimate of drug-likeness (QED) is 0.789. The van der Waals surface area contributed by atoms with E-state index in [0.29, 0.717) is 15.8 Å². The molecular formula is C15H12Cl2O2S. The maximum atomic E-state index is 11.4. The molecule has 0 aromatic heterocycles. The lowest BCUT2D eigenvalue weighted by atomic mass is 10.0. The average Bonchev–Trinajstić information content (AvgIpc) is 2.44. The smallest absolute Gasteiger partial charge is 0.311 e. The van der Waals surface area contributed by atoms with Crippen molar-refractivity contribution in [3.05, 3.63) is 64.1 Å². The molecule has 0 heterocycles. The second-order valence-corrected chi connectivity index (χ2v) is 6.10. The minimum absolute atomic E-state index is 0.442. The lowest BCUT2D eigenvalue weighted by molar-refractivity contribution is -0.138. The van der Waals surface area contributed by atoms with E-state index >= 15 is 0 Å². The maximum absolute atomic E-state index is 11.4. The number of aliphatic carboxylic acids is 1. The highest BCUT2D eigenvalue weighted by Gasteiger charge is 2.19. The molecule has 1 unspecified atom stereocenters. The van der Waals surface area contributed by atoms with Crippen molar-refractivity contribution in [2.45, 2.75) is 10.8 Å². The van der Waals surface area contributed by atoms with E-state index < -0.39 is 11.9 Å². The molecule has 0 aliphatic heterocycles. The van der Waals surface area contributed by atoms with Crippen LogP contribution >= 0.6 is 35.0 Å². The van der Waals surface area contributed by atoms with Crippen molar-refractivity contribution in [3.8, 4) is 0 Å². The van der Waals surface area contributed by atoms with Gasteiger partial charge in [0.1, 0.15) is 0 Å². The summed E-state index contributed by atoms with van der Waals surface area (Å²) in [5, 5.41) is 10.3. The number of rotatable bonds is 5. The van der Waals surface area contributed by atoms with E-state index in [1.54, 1.807) is 12.1 Å². The highest BCUT2D eigenvalue weighted by molar-refractivity contribution is 7.99. The molecule has 2 rings (SSSR count). The predicted molar refractivity (Wildman–Crippen MR) is 84.0 cm³/mol. The predicted octanol–water partition coefficient (Wildman–Crippen LogP) is 4.95. The van der Waals surface area contributed by atoms with Gasteiger partial charge in [-0.1, -0.05) is 53.5 Å². The molecule has 0 amide bonds. The van der Waals surface area contributed by atoms with E-state index in [9.17, 15) is 9.90 Å². The van der Waals surface area contributed by atoms with E-state index in [0.717, 1.165) is 10.5 Å². The van der Waals surface area contributed by atoms with Crippen molar-refractivity contribution < 1.29 is 9.90 Å². The van der Waals surface area contributed by atoms with Crippen LogP contribution in [0.5, 0.6) is 0 Å². The van der Waals surface area contributed by atoms with Gasteiger partial charge >= 0.3 is 5.97 Å². The molecule has 0 fully saturated rings. The molecule has 0 bridgehead atoms. The Morgan fingerprint density at radius 2 is 1.80 bits per heavy atom. The molecule has 2 nitrogen and oxygen atoms in total. The van der Waals surface area contributed by atoms with Crippen molar-refractivity contribution in [1.82, 2.24) is 0 Å². The summed E-state index contributed by atoms with van der Waals surface area (Å²) in [5.74, 6) is -0.934. The zero-order valence-electron chi connectivity index (χ0n) is 10.4. The van der Waals surface area contributed by atoms with Crippen LogP contribution in [-0.4, -0.2) is 16.8 Å². The molecule has 20 heavy (non-hydrogen) atoms. The van der Waals surface area contributed by atoms with Gasteiger partial charge in [-0.3, -0.25) is 4.79 Å². The number of carbonyl (C=O) groups is 1. The van der Waals surface area contributed by atoms with Crippen LogP contribution in [0.3, 0.4) is 0 Å². The fourth-order valence-electron chi connectivity index (χ4n) is 1.74. The number of thioether (sulfide) groups is 1. The Bertz CT molecular complexity index is 602. The summed E-state index contributed by atoms with van der Waals surface area (Å²) in [6.45, 7) is 0. The van der Waals surface area contributed by atoms with Crippen molar-refractivity contribution >= 4 is 40.9 Å². The molecule has 2 aromatic rings. The first-order valence-electron chi connectivity index (χ1n) is 5.93. The molecule has 0 saturated carbocycles. The Kier molecular flexibility index (Phi) is 5.35. The number of halogens is 2. The van der Waals surface area contributed by atoms with Crippen LogP contribution in [0.25, 0.3) is 0 Å². The molecule has 0 aliphatic rings. The third-order valence-corrected chi connectivity index (χ3v) is 4.63. The first kappa shape index (κ1) is 15.2. The van der Waals surface area contributed by atoms with Crippen LogP contribution in [0.15, 0.2) is 53.4 Å². The fraction of sp³-hybridized carbons (Fsp3) is 0.133. The number of hydrogen-bond donors (Lipinski definition) is 1. The van der Waals surface area contributed by atoms with Crippen molar-refractivity contribution in [3.63, 3.8) is 0 Å². The zero-order valence-corrected chi connectivity index (χ0v) is 12.8. The highest BCUT2D eigenvalue weighted by Crippen LogP contribution is 2.31. The van der Waals surface area contributed by atoms with Gasteiger partial charge in [-0.05, 0) is 23.8 Å². The highest BCUT2D eigenvalue weighted by atomic mass is 35.5. The van der Waals surface area contributed by atoms with Gasteiger partial charge in [0.05, 0.1) is 16.0 Å². The summed E-state index contributed by atoms with van der Waals surface area (Å²) in [6, 6.07) is 14.5. The minimum atomic E-state index is -0.830. The van der Waals surface area contributed by atoms with E-state index in [1.807, 2.05) is 36.4 Å². The lowest BCUT2D eigenvalue weighted by Crippen LogP contribution is -2.14. The summed E-state index contributed by atoms with van der Waals surface area (Å²) in [5.41, 5.74) is 0.799. The molecule has 0 saturated heterocycles. The fourth-order valence-corrected chi connectivity index (χ4v) is 3.16. The molecule has 0 aliphatic carbocycles. The van der Waals surface area contributed by atoms with Gasteiger partial charge in [0.2, 0.25) is 0 Å².